The summed E-state index contributed by atoms with van der Waals surface area (Å²) < 4.78 is 0. The number of nitriles is 1. The largest absolute Gasteiger partial charge is 0.328 e. The molecular formula is C12H10N4. The highest BCUT2D eigenvalue weighted by atomic mass is 15.2. The third-order valence-electron chi connectivity index (χ3n) is 2.30. The van der Waals surface area contributed by atoms with Crippen LogP contribution < -0.4 is 4.90 Å². The van der Waals surface area contributed by atoms with E-state index < -0.39 is 0 Å². The molecule has 0 saturated carbocycles. The molecule has 0 N–H and O–H groups in total. The maximum atomic E-state index is 9.00. The van der Waals surface area contributed by atoms with Crippen LogP contribution >= 0.6 is 0 Å². The molecule has 0 unspecified atom stereocenters. The molecule has 2 rings (SSSR count). The van der Waals surface area contributed by atoms with Crippen LogP contribution in [0.25, 0.3) is 0 Å². The summed E-state index contributed by atoms with van der Waals surface area (Å²) in [5.74, 6) is 0.762. The van der Waals surface area contributed by atoms with Crippen molar-refractivity contribution < 1.29 is 0 Å². The Morgan fingerprint density at radius 1 is 1.25 bits per heavy atom. The van der Waals surface area contributed by atoms with Crippen LogP contribution in [0, 0.1) is 11.3 Å². The maximum Gasteiger partial charge on any atom is 0.136 e. The van der Waals surface area contributed by atoms with E-state index in [-0.39, 0.29) is 0 Å². The first kappa shape index (κ1) is 10.1. The zero-order valence-corrected chi connectivity index (χ0v) is 8.83. The van der Waals surface area contributed by atoms with E-state index in [4.69, 9.17) is 5.26 Å². The lowest BCUT2D eigenvalue weighted by atomic mass is 10.2. The Morgan fingerprint density at radius 3 is 2.75 bits per heavy atom. The fraction of sp³-hybridized carbons (Fsp3) is 0.0833. The number of benzene rings is 1. The van der Waals surface area contributed by atoms with Gasteiger partial charge in [0.15, 0.2) is 0 Å². The number of rotatable bonds is 2. The van der Waals surface area contributed by atoms with Crippen LogP contribution in [0.4, 0.5) is 11.5 Å². The number of hydrogen-bond donors (Lipinski definition) is 0. The molecule has 78 valence electrons. The molecule has 0 aliphatic rings. The minimum atomic E-state index is 0.628. The smallest absolute Gasteiger partial charge is 0.136 e. The van der Waals surface area contributed by atoms with Gasteiger partial charge in [-0.3, -0.25) is 0 Å². The second-order valence-electron chi connectivity index (χ2n) is 3.26. The summed E-state index contributed by atoms with van der Waals surface area (Å²) in [5, 5.41) is 9.00. The van der Waals surface area contributed by atoms with Gasteiger partial charge in [0, 0.05) is 13.2 Å². The Bertz CT molecular complexity index is 516. The molecule has 0 fully saturated rings. The second-order valence-corrected chi connectivity index (χ2v) is 3.26. The molecule has 0 aliphatic carbocycles. The molecule has 4 nitrogen and oxygen atoms in total. The Labute approximate surface area is 93.8 Å². The van der Waals surface area contributed by atoms with Crippen molar-refractivity contribution in [3.8, 4) is 6.07 Å². The standard InChI is InChI=1S/C12H10N4/c1-16(12-6-7-14-9-15-12)11-5-3-2-4-10(11)8-13/h2-7,9H,1H3. The topological polar surface area (TPSA) is 52.8 Å². The van der Waals surface area contributed by atoms with Crippen molar-refractivity contribution in [2.75, 3.05) is 11.9 Å². The molecule has 4 heteroatoms. The first-order chi connectivity index (χ1) is 7.83. The second kappa shape index (κ2) is 4.41. The lowest BCUT2D eigenvalue weighted by molar-refractivity contribution is 1.08. The third-order valence-corrected chi connectivity index (χ3v) is 2.30. The molecule has 0 amide bonds. The SMILES string of the molecule is CN(c1ccncn1)c1ccccc1C#N. The van der Waals surface area contributed by atoms with E-state index in [0.29, 0.717) is 5.56 Å². The molecule has 0 radical (unpaired) electrons. The number of aromatic nitrogens is 2. The number of hydrogen-bond acceptors (Lipinski definition) is 4. The van der Waals surface area contributed by atoms with Crippen molar-refractivity contribution in [2.45, 2.75) is 0 Å². The van der Waals surface area contributed by atoms with Crippen molar-refractivity contribution >= 4 is 11.5 Å². The lowest BCUT2D eigenvalue weighted by Gasteiger charge is -2.18. The van der Waals surface area contributed by atoms with E-state index >= 15 is 0 Å². The van der Waals surface area contributed by atoms with Crippen molar-refractivity contribution in [2.24, 2.45) is 0 Å². The van der Waals surface area contributed by atoms with Gasteiger partial charge in [0.05, 0.1) is 11.3 Å². The average molecular weight is 210 g/mol. The van der Waals surface area contributed by atoms with E-state index in [0.717, 1.165) is 11.5 Å². The summed E-state index contributed by atoms with van der Waals surface area (Å²) in [7, 11) is 1.87. The number of para-hydroxylation sites is 1. The summed E-state index contributed by atoms with van der Waals surface area (Å²) in [6.07, 6.45) is 3.16. The molecule has 16 heavy (non-hydrogen) atoms. The summed E-state index contributed by atoms with van der Waals surface area (Å²) >= 11 is 0. The van der Waals surface area contributed by atoms with Gasteiger partial charge < -0.3 is 4.90 Å². The fourth-order valence-corrected chi connectivity index (χ4v) is 1.47. The van der Waals surface area contributed by atoms with E-state index in [1.54, 1.807) is 18.3 Å². The lowest BCUT2D eigenvalue weighted by Crippen LogP contribution is -2.12. The molecule has 0 bridgehead atoms. The Kier molecular flexibility index (Phi) is 2.79. The highest BCUT2D eigenvalue weighted by Gasteiger charge is 2.08. The monoisotopic (exact) mass is 210 g/mol. The number of nitrogens with zero attached hydrogens (tertiary/aromatic N) is 4. The third kappa shape index (κ3) is 1.84. The van der Waals surface area contributed by atoms with Gasteiger partial charge in [0.2, 0.25) is 0 Å². The molecular weight excluding hydrogens is 200 g/mol. The Hall–Kier alpha value is -2.41. The van der Waals surface area contributed by atoms with Crippen LogP contribution in [0.5, 0.6) is 0 Å². The van der Waals surface area contributed by atoms with Gasteiger partial charge in [0.1, 0.15) is 18.2 Å². The summed E-state index contributed by atoms with van der Waals surface area (Å²) in [4.78, 5) is 9.86. The predicted octanol–water partition coefficient (Wildman–Crippen LogP) is 2.12. The quantitative estimate of drug-likeness (QED) is 0.761. The zero-order chi connectivity index (χ0) is 11.4. The zero-order valence-electron chi connectivity index (χ0n) is 8.83. The molecule has 1 heterocycles. The van der Waals surface area contributed by atoms with Gasteiger partial charge in [-0.15, -0.1) is 0 Å². The van der Waals surface area contributed by atoms with Crippen LogP contribution in [0.3, 0.4) is 0 Å². The Balaban J connectivity index is 2.42. The summed E-state index contributed by atoms with van der Waals surface area (Å²) in [6.45, 7) is 0. The summed E-state index contributed by atoms with van der Waals surface area (Å²) in [6, 6.07) is 11.4. The van der Waals surface area contributed by atoms with Crippen LogP contribution in [0.15, 0.2) is 42.9 Å². The van der Waals surface area contributed by atoms with E-state index in [1.807, 2.05) is 30.1 Å². The number of anilines is 2. The average Bonchev–Trinajstić information content (AvgIpc) is 2.39. The van der Waals surface area contributed by atoms with Gasteiger partial charge in [-0.05, 0) is 18.2 Å². The molecule has 2 aromatic rings. The first-order valence-corrected chi connectivity index (χ1v) is 4.82. The van der Waals surface area contributed by atoms with Crippen LogP contribution in [-0.2, 0) is 0 Å². The predicted molar refractivity (Wildman–Crippen MR) is 61.3 cm³/mol. The highest BCUT2D eigenvalue weighted by molar-refractivity contribution is 5.66. The van der Waals surface area contributed by atoms with Crippen LogP contribution in [0.1, 0.15) is 5.56 Å². The minimum Gasteiger partial charge on any atom is -0.328 e. The van der Waals surface area contributed by atoms with Crippen molar-refractivity contribution in [1.82, 2.24) is 9.97 Å². The molecule has 1 aromatic heterocycles. The molecule has 0 saturated heterocycles. The Morgan fingerprint density at radius 2 is 2.06 bits per heavy atom. The normalized spacial score (nSPS) is 9.50. The maximum absolute atomic E-state index is 9.00. The van der Waals surface area contributed by atoms with Crippen molar-refractivity contribution in [3.63, 3.8) is 0 Å². The van der Waals surface area contributed by atoms with Gasteiger partial charge in [-0.2, -0.15) is 5.26 Å². The van der Waals surface area contributed by atoms with Crippen LogP contribution in [0.2, 0.25) is 0 Å². The van der Waals surface area contributed by atoms with Gasteiger partial charge >= 0.3 is 0 Å². The van der Waals surface area contributed by atoms with Crippen LogP contribution in [-0.4, -0.2) is 17.0 Å². The van der Waals surface area contributed by atoms with Crippen molar-refractivity contribution in [3.05, 3.63) is 48.4 Å². The first-order valence-electron chi connectivity index (χ1n) is 4.82. The van der Waals surface area contributed by atoms with E-state index in [2.05, 4.69) is 16.0 Å². The van der Waals surface area contributed by atoms with Gasteiger partial charge in [-0.1, -0.05) is 12.1 Å². The highest BCUT2D eigenvalue weighted by Crippen LogP contribution is 2.24. The molecule has 0 aliphatic heterocycles. The molecule has 1 aromatic carbocycles. The van der Waals surface area contributed by atoms with E-state index in [1.165, 1.54) is 6.33 Å². The summed E-state index contributed by atoms with van der Waals surface area (Å²) in [5.41, 5.74) is 1.47. The van der Waals surface area contributed by atoms with Gasteiger partial charge in [0.25, 0.3) is 0 Å². The van der Waals surface area contributed by atoms with E-state index in [9.17, 15) is 0 Å². The van der Waals surface area contributed by atoms with Crippen molar-refractivity contribution in [1.29, 1.82) is 5.26 Å². The molecule has 0 atom stereocenters. The van der Waals surface area contributed by atoms with Gasteiger partial charge in [-0.25, -0.2) is 9.97 Å². The fourth-order valence-electron chi connectivity index (χ4n) is 1.47. The molecule has 0 spiro atoms. The minimum absolute atomic E-state index is 0.628.